The van der Waals surface area contributed by atoms with Crippen LogP contribution in [-0.4, -0.2) is 38.7 Å². The summed E-state index contributed by atoms with van der Waals surface area (Å²) in [5, 5.41) is 26.0. The first kappa shape index (κ1) is 15.3. The van der Waals surface area contributed by atoms with Crippen molar-refractivity contribution in [3.63, 3.8) is 0 Å². The molecule has 1 aliphatic rings. The molecule has 3 N–H and O–H groups in total. The second-order valence-corrected chi connectivity index (χ2v) is 5.78. The molecule has 2 rings (SSSR count). The first-order valence-electron chi connectivity index (χ1n) is 6.80. The molecule has 1 heterocycles. The molecule has 0 atom stereocenters. The highest BCUT2D eigenvalue weighted by atomic mass is 35.5. The molecular formula is C13H20ClN3O3. The lowest BCUT2D eigenvalue weighted by atomic mass is 9.98. The SMILES string of the molecule is CCC(CO)(CO)Nc1c(Cl)cnn(CC2CC2)c1=O. The highest BCUT2D eigenvalue weighted by molar-refractivity contribution is 6.33. The van der Waals surface area contributed by atoms with Crippen molar-refractivity contribution in [3.8, 4) is 0 Å². The standard InChI is InChI=1S/C13H20ClN3O3/c1-2-13(7-18,8-19)16-11-10(14)5-15-17(12(11)20)6-9-3-4-9/h5,9,16,18-19H,2-4,6-8H2,1H3. The number of halogens is 1. The van der Waals surface area contributed by atoms with E-state index in [1.807, 2.05) is 6.92 Å². The first-order chi connectivity index (χ1) is 9.55. The molecule has 20 heavy (non-hydrogen) atoms. The number of aromatic nitrogens is 2. The van der Waals surface area contributed by atoms with E-state index in [2.05, 4.69) is 10.4 Å². The molecular weight excluding hydrogens is 282 g/mol. The van der Waals surface area contributed by atoms with E-state index in [1.165, 1.54) is 10.9 Å². The van der Waals surface area contributed by atoms with Crippen LogP contribution >= 0.6 is 11.6 Å². The second kappa shape index (κ2) is 6.11. The number of aliphatic hydroxyl groups is 2. The molecule has 7 heteroatoms. The fourth-order valence-electron chi connectivity index (χ4n) is 1.96. The van der Waals surface area contributed by atoms with Gasteiger partial charge in [-0.2, -0.15) is 5.10 Å². The van der Waals surface area contributed by atoms with Gasteiger partial charge in [0.2, 0.25) is 0 Å². The molecule has 1 aromatic heterocycles. The summed E-state index contributed by atoms with van der Waals surface area (Å²) in [5.74, 6) is 0.515. The van der Waals surface area contributed by atoms with Gasteiger partial charge in [0.1, 0.15) is 5.69 Å². The van der Waals surface area contributed by atoms with E-state index in [-0.39, 0.29) is 29.5 Å². The Kier molecular flexibility index (Phi) is 4.67. The molecule has 0 spiro atoms. The highest BCUT2D eigenvalue weighted by Crippen LogP contribution is 2.30. The van der Waals surface area contributed by atoms with Gasteiger partial charge in [-0.15, -0.1) is 0 Å². The Balaban J connectivity index is 2.32. The number of nitrogens with zero attached hydrogens (tertiary/aromatic N) is 2. The maximum Gasteiger partial charge on any atom is 0.291 e. The summed E-state index contributed by atoms with van der Waals surface area (Å²) in [7, 11) is 0. The minimum atomic E-state index is -0.957. The Labute approximate surface area is 122 Å². The quantitative estimate of drug-likeness (QED) is 0.695. The molecule has 0 saturated heterocycles. The fourth-order valence-corrected chi connectivity index (χ4v) is 2.13. The third-order valence-corrected chi connectivity index (χ3v) is 4.08. The molecule has 0 bridgehead atoms. The minimum Gasteiger partial charge on any atom is -0.394 e. The molecule has 6 nitrogen and oxygen atoms in total. The van der Waals surface area contributed by atoms with Gasteiger partial charge in [0, 0.05) is 6.54 Å². The summed E-state index contributed by atoms with van der Waals surface area (Å²) < 4.78 is 1.39. The second-order valence-electron chi connectivity index (χ2n) is 5.37. The van der Waals surface area contributed by atoms with Crippen molar-refractivity contribution >= 4 is 17.3 Å². The Morgan fingerprint density at radius 2 is 2.15 bits per heavy atom. The average molecular weight is 302 g/mol. The van der Waals surface area contributed by atoms with Crippen LogP contribution in [0.15, 0.2) is 11.0 Å². The van der Waals surface area contributed by atoms with Crippen LogP contribution in [0.2, 0.25) is 5.02 Å². The monoisotopic (exact) mass is 301 g/mol. The largest absolute Gasteiger partial charge is 0.394 e. The van der Waals surface area contributed by atoms with E-state index in [9.17, 15) is 15.0 Å². The number of aliphatic hydroxyl groups excluding tert-OH is 2. The average Bonchev–Trinajstić information content (AvgIpc) is 3.27. The molecule has 1 aliphatic carbocycles. The highest BCUT2D eigenvalue weighted by Gasteiger charge is 2.29. The smallest absolute Gasteiger partial charge is 0.291 e. The number of anilines is 1. The molecule has 1 aromatic rings. The lowest BCUT2D eigenvalue weighted by Gasteiger charge is -2.30. The number of rotatable bonds is 7. The predicted molar refractivity (Wildman–Crippen MR) is 77.0 cm³/mol. The van der Waals surface area contributed by atoms with Crippen LogP contribution in [0.4, 0.5) is 5.69 Å². The summed E-state index contributed by atoms with van der Waals surface area (Å²) in [5.41, 5.74) is -1.09. The Morgan fingerprint density at radius 3 is 2.65 bits per heavy atom. The zero-order chi connectivity index (χ0) is 14.8. The van der Waals surface area contributed by atoms with Crippen LogP contribution in [0.5, 0.6) is 0 Å². The van der Waals surface area contributed by atoms with E-state index in [0.29, 0.717) is 18.9 Å². The van der Waals surface area contributed by atoms with Crippen molar-refractivity contribution in [2.45, 2.75) is 38.3 Å². The van der Waals surface area contributed by atoms with Crippen LogP contribution in [0.1, 0.15) is 26.2 Å². The van der Waals surface area contributed by atoms with Crippen LogP contribution in [0, 0.1) is 5.92 Å². The zero-order valence-electron chi connectivity index (χ0n) is 11.5. The zero-order valence-corrected chi connectivity index (χ0v) is 12.2. The number of nitrogens with one attached hydrogen (secondary N) is 1. The predicted octanol–water partition coefficient (Wildman–Crippen LogP) is 0.852. The van der Waals surface area contributed by atoms with Crippen molar-refractivity contribution < 1.29 is 10.2 Å². The Bertz CT molecular complexity index is 516. The van der Waals surface area contributed by atoms with Crippen LogP contribution < -0.4 is 10.9 Å². The molecule has 0 aromatic carbocycles. The van der Waals surface area contributed by atoms with Crippen molar-refractivity contribution in [3.05, 3.63) is 21.6 Å². The van der Waals surface area contributed by atoms with Gasteiger partial charge >= 0.3 is 0 Å². The molecule has 1 fully saturated rings. The van der Waals surface area contributed by atoms with E-state index in [0.717, 1.165) is 12.8 Å². The topological polar surface area (TPSA) is 87.4 Å². The third-order valence-electron chi connectivity index (χ3n) is 3.80. The van der Waals surface area contributed by atoms with Gasteiger partial charge in [-0.25, -0.2) is 4.68 Å². The Morgan fingerprint density at radius 1 is 1.50 bits per heavy atom. The summed E-state index contributed by atoms with van der Waals surface area (Å²) in [6.07, 6.45) is 4.11. The van der Waals surface area contributed by atoms with Crippen LogP contribution in [0.3, 0.4) is 0 Å². The third kappa shape index (κ3) is 3.13. The van der Waals surface area contributed by atoms with Gasteiger partial charge < -0.3 is 15.5 Å². The van der Waals surface area contributed by atoms with Gasteiger partial charge in [-0.1, -0.05) is 18.5 Å². The minimum absolute atomic E-state index is 0.187. The van der Waals surface area contributed by atoms with Crippen LogP contribution in [-0.2, 0) is 6.54 Å². The maximum absolute atomic E-state index is 12.4. The van der Waals surface area contributed by atoms with Crippen LogP contribution in [0.25, 0.3) is 0 Å². The van der Waals surface area contributed by atoms with E-state index in [1.54, 1.807) is 0 Å². The van der Waals surface area contributed by atoms with Gasteiger partial charge in [0.05, 0.1) is 30.0 Å². The summed E-state index contributed by atoms with van der Waals surface area (Å²) in [4.78, 5) is 12.4. The fraction of sp³-hybridized carbons (Fsp3) is 0.692. The lowest BCUT2D eigenvalue weighted by molar-refractivity contribution is 0.132. The van der Waals surface area contributed by atoms with E-state index < -0.39 is 5.54 Å². The lowest BCUT2D eigenvalue weighted by Crippen LogP contribution is -2.47. The van der Waals surface area contributed by atoms with Crippen molar-refractivity contribution in [1.82, 2.24) is 9.78 Å². The Hall–Kier alpha value is -1.11. The summed E-state index contributed by atoms with van der Waals surface area (Å²) >= 11 is 6.03. The van der Waals surface area contributed by atoms with Gasteiger partial charge in [0.15, 0.2) is 0 Å². The van der Waals surface area contributed by atoms with Crippen molar-refractivity contribution in [2.75, 3.05) is 18.5 Å². The van der Waals surface area contributed by atoms with E-state index >= 15 is 0 Å². The number of hydrogen-bond acceptors (Lipinski definition) is 5. The first-order valence-corrected chi connectivity index (χ1v) is 7.18. The number of hydrogen-bond donors (Lipinski definition) is 3. The normalized spacial score (nSPS) is 15.4. The summed E-state index contributed by atoms with van der Waals surface area (Å²) in [6, 6.07) is 0. The van der Waals surface area contributed by atoms with E-state index in [4.69, 9.17) is 11.6 Å². The molecule has 0 aliphatic heterocycles. The van der Waals surface area contributed by atoms with Gasteiger partial charge in [-0.05, 0) is 25.2 Å². The molecule has 1 saturated carbocycles. The van der Waals surface area contributed by atoms with Crippen molar-refractivity contribution in [1.29, 1.82) is 0 Å². The maximum atomic E-state index is 12.4. The molecule has 0 unspecified atom stereocenters. The van der Waals surface area contributed by atoms with Gasteiger partial charge in [0.25, 0.3) is 5.56 Å². The molecule has 0 amide bonds. The van der Waals surface area contributed by atoms with Gasteiger partial charge in [-0.3, -0.25) is 4.79 Å². The molecule has 112 valence electrons. The molecule has 0 radical (unpaired) electrons. The summed E-state index contributed by atoms with van der Waals surface area (Å²) in [6.45, 7) is 1.82. The van der Waals surface area contributed by atoms with Crippen molar-refractivity contribution in [2.24, 2.45) is 5.92 Å².